The first-order chi connectivity index (χ1) is 10.6. The summed E-state index contributed by atoms with van der Waals surface area (Å²) >= 11 is 0. The fraction of sp³-hybridized carbons (Fsp3) is 0.176. The van der Waals surface area contributed by atoms with E-state index in [-0.39, 0.29) is 0 Å². The molecular weight excluding hydrogens is 274 g/mol. The van der Waals surface area contributed by atoms with Crippen molar-refractivity contribution in [3.63, 3.8) is 0 Å². The van der Waals surface area contributed by atoms with Gasteiger partial charge in [-0.2, -0.15) is 0 Å². The maximum Gasteiger partial charge on any atom is 0.193 e. The standard InChI is InChI=1S/C17H19N5/c1-12-6-7-14(9-13(12)2)21-17(18)19-10-15-11-22-8-4-3-5-16(22)20-15/h3-9,11H,10H2,1-2H3,(H3,18,19,21). The van der Waals surface area contributed by atoms with Gasteiger partial charge < -0.3 is 15.5 Å². The molecule has 5 nitrogen and oxygen atoms in total. The second-order valence-corrected chi connectivity index (χ2v) is 5.32. The molecule has 2 heterocycles. The lowest BCUT2D eigenvalue weighted by Crippen LogP contribution is -2.22. The van der Waals surface area contributed by atoms with Crippen LogP contribution < -0.4 is 11.1 Å². The normalized spacial score (nSPS) is 11.8. The molecule has 5 heteroatoms. The number of hydrogen-bond donors (Lipinski definition) is 2. The van der Waals surface area contributed by atoms with Gasteiger partial charge in [-0.25, -0.2) is 9.98 Å². The zero-order valence-corrected chi connectivity index (χ0v) is 12.7. The molecule has 0 aliphatic carbocycles. The van der Waals surface area contributed by atoms with Crippen LogP contribution in [-0.4, -0.2) is 15.3 Å². The van der Waals surface area contributed by atoms with Gasteiger partial charge >= 0.3 is 0 Å². The number of fused-ring (bicyclic) bond motifs is 1. The number of aromatic nitrogens is 2. The highest BCUT2D eigenvalue weighted by Crippen LogP contribution is 2.14. The number of nitrogens with two attached hydrogens (primary N) is 1. The highest BCUT2D eigenvalue weighted by atomic mass is 15.1. The van der Waals surface area contributed by atoms with E-state index in [0.717, 1.165) is 17.0 Å². The molecule has 0 spiro atoms. The number of hydrogen-bond acceptors (Lipinski definition) is 2. The number of anilines is 1. The van der Waals surface area contributed by atoms with E-state index in [1.165, 1.54) is 11.1 Å². The van der Waals surface area contributed by atoms with Gasteiger partial charge in [0.1, 0.15) is 5.65 Å². The Morgan fingerprint density at radius 3 is 2.86 bits per heavy atom. The SMILES string of the molecule is Cc1ccc(NC(N)=NCc2cn3ccccc3n2)cc1C. The molecule has 0 fully saturated rings. The molecule has 3 aromatic rings. The molecule has 0 bridgehead atoms. The van der Waals surface area contributed by atoms with Crippen LogP contribution in [-0.2, 0) is 6.54 Å². The quantitative estimate of drug-likeness (QED) is 0.576. The van der Waals surface area contributed by atoms with E-state index >= 15 is 0 Å². The summed E-state index contributed by atoms with van der Waals surface area (Å²) in [4.78, 5) is 8.83. The second kappa shape index (κ2) is 5.89. The average Bonchev–Trinajstić information content (AvgIpc) is 2.92. The van der Waals surface area contributed by atoms with Gasteiger partial charge in [0.25, 0.3) is 0 Å². The molecular formula is C17H19N5. The van der Waals surface area contributed by atoms with E-state index in [4.69, 9.17) is 5.73 Å². The Morgan fingerprint density at radius 2 is 2.09 bits per heavy atom. The minimum Gasteiger partial charge on any atom is -0.370 e. The van der Waals surface area contributed by atoms with Crippen molar-refractivity contribution >= 4 is 17.3 Å². The molecule has 0 aliphatic heterocycles. The van der Waals surface area contributed by atoms with Gasteiger partial charge in [-0.15, -0.1) is 0 Å². The number of rotatable bonds is 3. The molecule has 112 valence electrons. The molecule has 0 saturated heterocycles. The van der Waals surface area contributed by atoms with E-state index in [9.17, 15) is 0 Å². The van der Waals surface area contributed by atoms with Crippen molar-refractivity contribution in [3.05, 3.63) is 65.6 Å². The molecule has 0 saturated carbocycles. The van der Waals surface area contributed by atoms with Crippen LogP contribution in [0.25, 0.3) is 5.65 Å². The number of aryl methyl sites for hydroxylation is 2. The number of aliphatic imine (C=N–C) groups is 1. The topological polar surface area (TPSA) is 67.7 Å². The van der Waals surface area contributed by atoms with Crippen LogP contribution in [0.3, 0.4) is 0 Å². The largest absolute Gasteiger partial charge is 0.370 e. The maximum absolute atomic E-state index is 5.94. The first kappa shape index (κ1) is 14.1. The Labute approximate surface area is 129 Å². The zero-order chi connectivity index (χ0) is 15.5. The van der Waals surface area contributed by atoms with Crippen molar-refractivity contribution in [2.75, 3.05) is 5.32 Å². The predicted molar refractivity (Wildman–Crippen MR) is 90.1 cm³/mol. The monoisotopic (exact) mass is 293 g/mol. The first-order valence-corrected chi connectivity index (χ1v) is 7.18. The summed E-state index contributed by atoms with van der Waals surface area (Å²) in [6.45, 7) is 4.61. The summed E-state index contributed by atoms with van der Waals surface area (Å²) in [7, 11) is 0. The van der Waals surface area contributed by atoms with Gasteiger partial charge in [-0.1, -0.05) is 12.1 Å². The van der Waals surface area contributed by atoms with Gasteiger partial charge in [0.05, 0.1) is 12.2 Å². The van der Waals surface area contributed by atoms with Crippen molar-refractivity contribution in [2.24, 2.45) is 10.7 Å². The van der Waals surface area contributed by atoms with E-state index in [1.54, 1.807) is 0 Å². The Morgan fingerprint density at radius 1 is 1.23 bits per heavy atom. The van der Waals surface area contributed by atoms with Crippen LogP contribution in [0.5, 0.6) is 0 Å². The van der Waals surface area contributed by atoms with Gasteiger partial charge in [-0.05, 0) is 49.2 Å². The third-order valence-electron chi connectivity index (χ3n) is 3.60. The summed E-state index contributed by atoms with van der Waals surface area (Å²) in [5, 5.41) is 3.11. The van der Waals surface area contributed by atoms with E-state index in [2.05, 4.69) is 41.3 Å². The van der Waals surface area contributed by atoms with E-state index in [1.807, 2.05) is 41.1 Å². The molecule has 0 amide bonds. The highest BCUT2D eigenvalue weighted by Gasteiger charge is 2.01. The molecule has 1 aromatic carbocycles. The number of imidazole rings is 1. The third kappa shape index (κ3) is 3.09. The number of guanidine groups is 1. The van der Waals surface area contributed by atoms with Crippen molar-refractivity contribution in [1.82, 2.24) is 9.38 Å². The maximum atomic E-state index is 5.94. The minimum absolute atomic E-state index is 0.389. The molecule has 0 aliphatic rings. The van der Waals surface area contributed by atoms with Gasteiger partial charge in [0.15, 0.2) is 5.96 Å². The molecule has 3 N–H and O–H groups in total. The van der Waals surface area contributed by atoms with E-state index < -0.39 is 0 Å². The van der Waals surface area contributed by atoms with Crippen LogP contribution in [0.2, 0.25) is 0 Å². The Bertz CT molecular complexity index is 799. The van der Waals surface area contributed by atoms with Crippen molar-refractivity contribution < 1.29 is 0 Å². The molecule has 22 heavy (non-hydrogen) atoms. The van der Waals surface area contributed by atoms with Crippen molar-refractivity contribution in [1.29, 1.82) is 0 Å². The Hall–Kier alpha value is -2.82. The summed E-state index contributed by atoms with van der Waals surface area (Å²) in [5.74, 6) is 0.389. The highest BCUT2D eigenvalue weighted by molar-refractivity contribution is 5.92. The Kier molecular flexibility index (Phi) is 3.78. The predicted octanol–water partition coefficient (Wildman–Crippen LogP) is 2.88. The fourth-order valence-corrected chi connectivity index (χ4v) is 2.24. The van der Waals surface area contributed by atoms with Crippen molar-refractivity contribution in [2.45, 2.75) is 20.4 Å². The number of pyridine rings is 1. The first-order valence-electron chi connectivity index (χ1n) is 7.18. The van der Waals surface area contributed by atoms with Crippen LogP contribution in [0, 0.1) is 13.8 Å². The smallest absolute Gasteiger partial charge is 0.193 e. The molecule has 0 unspecified atom stereocenters. The number of nitrogens with zero attached hydrogens (tertiary/aromatic N) is 3. The summed E-state index contributed by atoms with van der Waals surface area (Å²) in [6.07, 6.45) is 3.92. The summed E-state index contributed by atoms with van der Waals surface area (Å²) in [6, 6.07) is 12.0. The van der Waals surface area contributed by atoms with Crippen LogP contribution in [0.4, 0.5) is 5.69 Å². The number of nitrogens with one attached hydrogen (secondary N) is 1. The fourth-order valence-electron chi connectivity index (χ4n) is 2.24. The summed E-state index contributed by atoms with van der Waals surface area (Å²) < 4.78 is 1.97. The molecule has 3 rings (SSSR count). The average molecular weight is 293 g/mol. The molecule has 0 radical (unpaired) electrons. The third-order valence-corrected chi connectivity index (χ3v) is 3.60. The van der Waals surface area contributed by atoms with E-state index in [0.29, 0.717) is 12.5 Å². The molecule has 2 aromatic heterocycles. The van der Waals surface area contributed by atoms with Crippen LogP contribution >= 0.6 is 0 Å². The lowest BCUT2D eigenvalue weighted by molar-refractivity contribution is 1.01. The second-order valence-electron chi connectivity index (χ2n) is 5.32. The van der Waals surface area contributed by atoms with Gasteiger partial charge in [0.2, 0.25) is 0 Å². The lowest BCUT2D eigenvalue weighted by Gasteiger charge is -2.07. The van der Waals surface area contributed by atoms with Gasteiger partial charge in [0, 0.05) is 18.1 Å². The van der Waals surface area contributed by atoms with Gasteiger partial charge in [-0.3, -0.25) is 0 Å². The Balaban J connectivity index is 1.70. The molecule has 0 atom stereocenters. The minimum atomic E-state index is 0.389. The lowest BCUT2D eigenvalue weighted by atomic mass is 10.1. The van der Waals surface area contributed by atoms with Crippen LogP contribution in [0.1, 0.15) is 16.8 Å². The number of benzene rings is 1. The van der Waals surface area contributed by atoms with Crippen molar-refractivity contribution in [3.8, 4) is 0 Å². The van der Waals surface area contributed by atoms with Crippen LogP contribution in [0.15, 0.2) is 53.8 Å². The summed E-state index contributed by atoms with van der Waals surface area (Å²) in [5.41, 5.74) is 11.2. The zero-order valence-electron chi connectivity index (χ0n) is 12.7.